The van der Waals surface area contributed by atoms with Gasteiger partial charge in [-0.05, 0) is 66.9 Å². The van der Waals surface area contributed by atoms with E-state index in [0.717, 1.165) is 34.5 Å². The average Bonchev–Trinajstić information content (AvgIpc) is 3.21. The first-order chi connectivity index (χ1) is 15.0. The topological polar surface area (TPSA) is 94.0 Å². The quantitative estimate of drug-likeness (QED) is 0.628. The number of aryl methyl sites for hydroxylation is 2. The van der Waals surface area contributed by atoms with Crippen molar-refractivity contribution in [3.63, 3.8) is 0 Å². The Bertz CT molecular complexity index is 1150. The zero-order valence-electron chi connectivity index (χ0n) is 18.1. The Morgan fingerprint density at radius 2 is 2.03 bits per heavy atom. The van der Waals surface area contributed by atoms with E-state index in [-0.39, 0.29) is 5.91 Å². The number of fused-ring (bicyclic) bond motifs is 1. The molecule has 0 fully saturated rings. The van der Waals surface area contributed by atoms with Gasteiger partial charge in [-0.25, -0.2) is 0 Å². The molecule has 31 heavy (non-hydrogen) atoms. The van der Waals surface area contributed by atoms with Crippen molar-refractivity contribution in [3.8, 4) is 5.75 Å². The number of benzene rings is 2. The lowest BCUT2D eigenvalue weighted by atomic mass is 9.94. The van der Waals surface area contributed by atoms with Gasteiger partial charge >= 0.3 is 0 Å². The molecule has 0 bridgehead atoms. The van der Waals surface area contributed by atoms with Gasteiger partial charge in [0.15, 0.2) is 0 Å². The molecule has 0 aliphatic carbocycles. The number of tetrazole rings is 1. The Balaban J connectivity index is 1.73. The number of anilines is 2. The monoisotopic (exact) mass is 418 g/mol. The fourth-order valence-corrected chi connectivity index (χ4v) is 3.75. The van der Waals surface area contributed by atoms with Gasteiger partial charge in [-0.2, -0.15) is 4.68 Å². The molecule has 1 amide bonds. The number of allylic oxidation sites excluding steroid dienone is 1. The smallest absolute Gasteiger partial charge is 0.255 e. The predicted molar refractivity (Wildman–Crippen MR) is 119 cm³/mol. The fraction of sp³-hybridized carbons (Fsp3) is 0.304. The summed E-state index contributed by atoms with van der Waals surface area (Å²) in [6, 6.07) is 13.2. The number of carbonyl (C=O) groups excluding carboxylic acids is 1. The van der Waals surface area contributed by atoms with E-state index >= 15 is 0 Å². The van der Waals surface area contributed by atoms with Crippen molar-refractivity contribution < 1.29 is 9.53 Å². The first-order valence-electron chi connectivity index (χ1n) is 10.3. The summed E-state index contributed by atoms with van der Waals surface area (Å²) in [6.07, 6.45) is 0.914. The van der Waals surface area contributed by atoms with Crippen molar-refractivity contribution >= 4 is 17.5 Å². The highest BCUT2D eigenvalue weighted by atomic mass is 16.5. The highest BCUT2D eigenvalue weighted by Gasteiger charge is 2.34. The second-order valence-electron chi connectivity index (χ2n) is 7.71. The molecule has 2 N–H and O–H groups in total. The van der Waals surface area contributed by atoms with Crippen LogP contribution < -0.4 is 15.4 Å². The maximum atomic E-state index is 13.5. The number of hydrogen-bond acceptors (Lipinski definition) is 6. The van der Waals surface area contributed by atoms with Gasteiger partial charge < -0.3 is 15.4 Å². The molecular weight excluding hydrogens is 392 g/mol. The molecule has 0 saturated heterocycles. The highest BCUT2D eigenvalue weighted by Crippen LogP contribution is 2.36. The first-order valence-corrected chi connectivity index (χ1v) is 10.3. The van der Waals surface area contributed by atoms with Crippen molar-refractivity contribution in [1.29, 1.82) is 0 Å². The third-order valence-electron chi connectivity index (χ3n) is 5.24. The van der Waals surface area contributed by atoms with Gasteiger partial charge in [-0.1, -0.05) is 41.9 Å². The molecule has 1 atom stereocenters. The highest BCUT2D eigenvalue weighted by molar-refractivity contribution is 6.06. The summed E-state index contributed by atoms with van der Waals surface area (Å²) in [6.45, 7) is 8.56. The van der Waals surface area contributed by atoms with E-state index in [1.54, 1.807) is 4.68 Å². The van der Waals surface area contributed by atoms with Crippen LogP contribution >= 0.6 is 0 Å². The molecule has 1 aliphatic rings. The van der Waals surface area contributed by atoms with Crippen molar-refractivity contribution in [2.45, 2.75) is 40.2 Å². The standard InChI is InChI=1S/C23H26N6O2/c1-5-11-31-18-8-6-7-17(13-18)21-20(16(4)24-23-26-27-28-29(21)23)22(30)25-19-10-9-14(2)12-15(19)3/h6-10,12-13,21H,5,11H2,1-4H3,(H,25,30)(H,24,26,28). The summed E-state index contributed by atoms with van der Waals surface area (Å²) in [5, 5.41) is 18.2. The van der Waals surface area contributed by atoms with E-state index in [1.807, 2.05) is 63.2 Å². The SMILES string of the molecule is CCCOc1cccc(C2C(C(=O)Nc3ccc(C)cc3C)=C(C)Nc3nnnn32)c1. The Morgan fingerprint density at radius 3 is 2.81 bits per heavy atom. The number of nitrogens with one attached hydrogen (secondary N) is 2. The van der Waals surface area contributed by atoms with E-state index in [9.17, 15) is 4.79 Å². The van der Waals surface area contributed by atoms with Crippen LogP contribution in [0, 0.1) is 13.8 Å². The molecule has 8 heteroatoms. The summed E-state index contributed by atoms with van der Waals surface area (Å²) in [5.41, 5.74) is 5.04. The minimum atomic E-state index is -0.484. The third-order valence-corrected chi connectivity index (χ3v) is 5.24. The van der Waals surface area contributed by atoms with Gasteiger partial charge in [0.05, 0.1) is 12.2 Å². The molecule has 8 nitrogen and oxygen atoms in total. The summed E-state index contributed by atoms with van der Waals surface area (Å²) in [4.78, 5) is 13.5. The Morgan fingerprint density at radius 1 is 1.19 bits per heavy atom. The van der Waals surface area contributed by atoms with Crippen LogP contribution in [0.5, 0.6) is 5.75 Å². The molecule has 1 aliphatic heterocycles. The van der Waals surface area contributed by atoms with Crippen LogP contribution in [0.3, 0.4) is 0 Å². The second kappa shape index (κ2) is 8.59. The van der Waals surface area contributed by atoms with Gasteiger partial charge in [0.25, 0.3) is 5.91 Å². The summed E-state index contributed by atoms with van der Waals surface area (Å²) < 4.78 is 7.44. The molecule has 3 aromatic rings. The first kappa shape index (κ1) is 20.6. The summed E-state index contributed by atoms with van der Waals surface area (Å²) >= 11 is 0. The number of rotatable bonds is 6. The summed E-state index contributed by atoms with van der Waals surface area (Å²) in [7, 11) is 0. The van der Waals surface area contributed by atoms with Crippen LogP contribution in [0.4, 0.5) is 11.6 Å². The lowest BCUT2D eigenvalue weighted by molar-refractivity contribution is -0.113. The van der Waals surface area contributed by atoms with Crippen LogP contribution in [0.15, 0.2) is 53.7 Å². The minimum Gasteiger partial charge on any atom is -0.494 e. The Kier molecular flexibility index (Phi) is 5.70. The minimum absolute atomic E-state index is 0.206. The number of aromatic nitrogens is 4. The number of nitrogens with zero attached hydrogens (tertiary/aromatic N) is 4. The van der Waals surface area contributed by atoms with E-state index in [0.29, 0.717) is 23.8 Å². The maximum absolute atomic E-state index is 13.5. The number of amides is 1. The van der Waals surface area contributed by atoms with Gasteiger partial charge in [0, 0.05) is 11.4 Å². The average molecular weight is 419 g/mol. The zero-order chi connectivity index (χ0) is 22.0. The molecule has 4 rings (SSSR count). The molecular formula is C23H26N6O2. The fourth-order valence-electron chi connectivity index (χ4n) is 3.75. The van der Waals surface area contributed by atoms with Crippen molar-refractivity contribution in [2.24, 2.45) is 0 Å². The lowest BCUT2D eigenvalue weighted by Gasteiger charge is -2.28. The van der Waals surface area contributed by atoms with Gasteiger partial charge in [-0.15, -0.1) is 0 Å². The normalized spacial score (nSPS) is 15.3. The van der Waals surface area contributed by atoms with E-state index in [2.05, 4.69) is 33.1 Å². The lowest BCUT2D eigenvalue weighted by Crippen LogP contribution is -2.31. The number of hydrogen-bond donors (Lipinski definition) is 2. The van der Waals surface area contributed by atoms with E-state index in [4.69, 9.17) is 4.74 Å². The molecule has 0 radical (unpaired) electrons. The van der Waals surface area contributed by atoms with Crippen LogP contribution in [-0.4, -0.2) is 32.7 Å². The molecule has 2 aromatic carbocycles. The van der Waals surface area contributed by atoms with Gasteiger partial charge in [0.1, 0.15) is 11.8 Å². The Labute approximate surface area is 181 Å². The number of carbonyl (C=O) groups is 1. The van der Waals surface area contributed by atoms with Crippen LogP contribution in [0.2, 0.25) is 0 Å². The van der Waals surface area contributed by atoms with Crippen molar-refractivity contribution in [2.75, 3.05) is 17.2 Å². The Hall–Kier alpha value is -3.68. The van der Waals surface area contributed by atoms with Crippen molar-refractivity contribution in [1.82, 2.24) is 20.2 Å². The largest absolute Gasteiger partial charge is 0.494 e. The molecule has 0 spiro atoms. The molecule has 1 unspecified atom stereocenters. The molecule has 1 aromatic heterocycles. The van der Waals surface area contributed by atoms with Crippen LogP contribution in [0.25, 0.3) is 0 Å². The van der Waals surface area contributed by atoms with Crippen molar-refractivity contribution in [3.05, 3.63) is 70.4 Å². The van der Waals surface area contributed by atoms with Gasteiger partial charge in [-0.3, -0.25) is 4.79 Å². The maximum Gasteiger partial charge on any atom is 0.255 e. The zero-order valence-corrected chi connectivity index (χ0v) is 18.1. The molecule has 0 saturated carbocycles. The predicted octanol–water partition coefficient (Wildman–Crippen LogP) is 4.01. The number of ether oxygens (including phenoxy) is 1. The molecule has 2 heterocycles. The third kappa shape index (κ3) is 4.14. The molecule has 160 valence electrons. The summed E-state index contributed by atoms with van der Waals surface area (Å²) in [5.74, 6) is 1.03. The van der Waals surface area contributed by atoms with E-state index in [1.165, 1.54) is 0 Å². The van der Waals surface area contributed by atoms with E-state index < -0.39 is 6.04 Å². The van der Waals surface area contributed by atoms with Crippen LogP contribution in [-0.2, 0) is 4.79 Å². The second-order valence-corrected chi connectivity index (χ2v) is 7.71. The van der Waals surface area contributed by atoms with Gasteiger partial charge in [0.2, 0.25) is 5.95 Å². The van der Waals surface area contributed by atoms with Crippen LogP contribution in [0.1, 0.15) is 43.0 Å².